The summed E-state index contributed by atoms with van der Waals surface area (Å²) in [4.78, 5) is 29.8. The van der Waals surface area contributed by atoms with Crippen molar-refractivity contribution in [2.24, 2.45) is 0 Å². The molecule has 0 atom stereocenters. The first-order chi connectivity index (χ1) is 15.1. The molecule has 1 aromatic heterocycles. The number of amides is 1. The number of aryl methyl sites for hydroxylation is 1. The molecule has 31 heavy (non-hydrogen) atoms. The third kappa shape index (κ3) is 5.24. The first kappa shape index (κ1) is 20.5. The summed E-state index contributed by atoms with van der Waals surface area (Å²) in [5, 5.41) is 5.79. The number of thiazole rings is 1. The molecule has 0 radical (unpaired) electrons. The molecule has 5 nitrogen and oxygen atoms in total. The van der Waals surface area contributed by atoms with E-state index in [-0.39, 0.29) is 11.7 Å². The van der Waals surface area contributed by atoms with E-state index in [1.54, 1.807) is 72.0 Å². The average molecular weight is 429 g/mol. The summed E-state index contributed by atoms with van der Waals surface area (Å²) in [5.74, 6) is 0.218. The Balaban J connectivity index is 1.44. The van der Waals surface area contributed by atoms with Gasteiger partial charge in [-0.15, -0.1) is 11.3 Å². The number of anilines is 1. The number of ketones is 1. The second-order valence-corrected chi connectivity index (χ2v) is 7.97. The lowest BCUT2D eigenvalue weighted by Gasteiger charge is -2.09. The summed E-state index contributed by atoms with van der Waals surface area (Å²) in [6.07, 6.45) is 0. The van der Waals surface area contributed by atoms with Crippen LogP contribution in [0.15, 0.2) is 84.2 Å². The molecule has 0 aliphatic rings. The van der Waals surface area contributed by atoms with E-state index in [1.165, 1.54) is 0 Å². The molecule has 3 aromatic carbocycles. The Labute approximate surface area is 184 Å². The van der Waals surface area contributed by atoms with Crippen LogP contribution in [0, 0.1) is 6.92 Å². The monoisotopic (exact) mass is 428 g/mol. The minimum Gasteiger partial charge on any atom is -0.487 e. The van der Waals surface area contributed by atoms with E-state index in [9.17, 15) is 9.59 Å². The number of nitrogens with one attached hydrogen (secondary N) is 1. The smallest absolute Gasteiger partial charge is 0.255 e. The van der Waals surface area contributed by atoms with Gasteiger partial charge in [0.2, 0.25) is 0 Å². The van der Waals surface area contributed by atoms with Crippen molar-refractivity contribution in [1.29, 1.82) is 0 Å². The van der Waals surface area contributed by atoms with Gasteiger partial charge in [-0.25, -0.2) is 4.98 Å². The van der Waals surface area contributed by atoms with Crippen molar-refractivity contribution >= 4 is 28.7 Å². The van der Waals surface area contributed by atoms with Crippen molar-refractivity contribution in [3.8, 4) is 5.75 Å². The number of hydrogen-bond acceptors (Lipinski definition) is 5. The van der Waals surface area contributed by atoms with Gasteiger partial charge in [-0.2, -0.15) is 0 Å². The molecular formula is C25H20N2O3S. The zero-order valence-corrected chi connectivity index (χ0v) is 17.7. The summed E-state index contributed by atoms with van der Waals surface area (Å²) < 4.78 is 5.77. The Hall–Kier alpha value is -3.77. The molecule has 0 saturated carbocycles. The van der Waals surface area contributed by atoms with E-state index in [0.717, 1.165) is 10.7 Å². The highest BCUT2D eigenvalue weighted by Gasteiger charge is 2.12. The second-order valence-electron chi connectivity index (χ2n) is 6.90. The number of hydrogen-bond donors (Lipinski definition) is 1. The van der Waals surface area contributed by atoms with E-state index >= 15 is 0 Å². The molecule has 0 saturated heterocycles. The summed E-state index contributed by atoms with van der Waals surface area (Å²) in [7, 11) is 0. The molecule has 1 amide bonds. The van der Waals surface area contributed by atoms with E-state index in [4.69, 9.17) is 4.74 Å². The van der Waals surface area contributed by atoms with Gasteiger partial charge in [0, 0.05) is 27.8 Å². The van der Waals surface area contributed by atoms with Crippen LogP contribution in [0.1, 0.15) is 37.0 Å². The molecule has 6 heteroatoms. The summed E-state index contributed by atoms with van der Waals surface area (Å²) in [6.45, 7) is 2.29. The molecule has 0 bridgehead atoms. The van der Waals surface area contributed by atoms with Crippen molar-refractivity contribution < 1.29 is 14.3 Å². The van der Waals surface area contributed by atoms with Crippen LogP contribution in [0.2, 0.25) is 0 Å². The summed E-state index contributed by atoms with van der Waals surface area (Å²) in [6, 6.07) is 22.9. The summed E-state index contributed by atoms with van der Waals surface area (Å²) in [5.41, 5.74) is 2.99. The molecule has 154 valence electrons. The largest absolute Gasteiger partial charge is 0.487 e. The first-order valence-corrected chi connectivity index (χ1v) is 10.6. The zero-order valence-electron chi connectivity index (χ0n) is 16.9. The van der Waals surface area contributed by atoms with Crippen LogP contribution in [0.5, 0.6) is 5.75 Å². The maximum atomic E-state index is 12.7. The van der Waals surface area contributed by atoms with Crippen LogP contribution in [-0.2, 0) is 6.61 Å². The van der Waals surface area contributed by atoms with Gasteiger partial charge >= 0.3 is 0 Å². The van der Waals surface area contributed by atoms with Crippen LogP contribution >= 0.6 is 11.3 Å². The summed E-state index contributed by atoms with van der Waals surface area (Å²) >= 11 is 1.57. The van der Waals surface area contributed by atoms with Crippen LogP contribution in [0.25, 0.3) is 0 Å². The highest BCUT2D eigenvalue weighted by atomic mass is 32.1. The van der Waals surface area contributed by atoms with Gasteiger partial charge in [-0.05, 0) is 37.3 Å². The molecule has 4 aromatic rings. The third-order valence-electron chi connectivity index (χ3n) is 4.57. The second kappa shape index (κ2) is 9.36. The Bertz CT molecular complexity index is 1220. The topological polar surface area (TPSA) is 68.3 Å². The van der Waals surface area contributed by atoms with Crippen LogP contribution in [0.4, 0.5) is 5.69 Å². The van der Waals surface area contributed by atoms with Crippen molar-refractivity contribution in [3.05, 3.63) is 112 Å². The van der Waals surface area contributed by atoms with Gasteiger partial charge in [0.1, 0.15) is 12.4 Å². The quantitative estimate of drug-likeness (QED) is 0.394. The van der Waals surface area contributed by atoms with Gasteiger partial charge in [-0.3, -0.25) is 9.59 Å². The van der Waals surface area contributed by atoms with Crippen molar-refractivity contribution in [2.45, 2.75) is 13.5 Å². The number of benzene rings is 3. The van der Waals surface area contributed by atoms with Crippen LogP contribution in [-0.4, -0.2) is 16.7 Å². The minimum absolute atomic E-state index is 0.0932. The molecule has 1 heterocycles. The van der Waals surface area contributed by atoms with Gasteiger partial charge in [0.05, 0.1) is 10.7 Å². The fraction of sp³-hybridized carbons (Fsp3) is 0.0800. The molecule has 0 spiro atoms. The Morgan fingerprint density at radius 2 is 1.65 bits per heavy atom. The van der Waals surface area contributed by atoms with Crippen LogP contribution < -0.4 is 10.1 Å². The van der Waals surface area contributed by atoms with Crippen LogP contribution in [0.3, 0.4) is 0 Å². The van der Waals surface area contributed by atoms with Crippen molar-refractivity contribution in [1.82, 2.24) is 4.98 Å². The highest BCUT2D eigenvalue weighted by Crippen LogP contribution is 2.19. The first-order valence-electron chi connectivity index (χ1n) is 9.73. The molecule has 0 aliphatic carbocycles. The molecule has 1 N–H and O–H groups in total. The number of ether oxygens (including phenoxy) is 1. The van der Waals surface area contributed by atoms with Gasteiger partial charge < -0.3 is 10.1 Å². The fourth-order valence-electron chi connectivity index (χ4n) is 3.06. The van der Waals surface area contributed by atoms with Crippen molar-refractivity contribution in [2.75, 3.05) is 5.32 Å². The third-order valence-corrected chi connectivity index (χ3v) is 5.39. The lowest BCUT2D eigenvalue weighted by Crippen LogP contribution is -2.12. The molecular weight excluding hydrogens is 408 g/mol. The molecule has 4 rings (SSSR count). The predicted molar refractivity (Wildman–Crippen MR) is 122 cm³/mol. The zero-order chi connectivity index (χ0) is 21.6. The lowest BCUT2D eigenvalue weighted by molar-refractivity contribution is 0.102. The molecule has 0 unspecified atom stereocenters. The van der Waals surface area contributed by atoms with Gasteiger partial charge in [-0.1, -0.05) is 48.5 Å². The minimum atomic E-state index is -0.278. The fourth-order valence-corrected chi connectivity index (χ4v) is 3.65. The molecule has 0 fully saturated rings. The van der Waals surface area contributed by atoms with Crippen molar-refractivity contribution in [3.63, 3.8) is 0 Å². The van der Waals surface area contributed by atoms with Gasteiger partial charge in [0.15, 0.2) is 5.78 Å². The Kier molecular flexibility index (Phi) is 6.19. The van der Waals surface area contributed by atoms with E-state index < -0.39 is 0 Å². The Morgan fingerprint density at radius 1 is 0.903 bits per heavy atom. The number of rotatable bonds is 7. The number of nitrogens with zero attached hydrogens (tertiary/aromatic N) is 1. The number of carbonyl (C=O) groups is 2. The lowest BCUT2D eigenvalue weighted by atomic mass is 10.0. The normalized spacial score (nSPS) is 10.5. The Morgan fingerprint density at radius 3 is 2.42 bits per heavy atom. The highest BCUT2D eigenvalue weighted by molar-refractivity contribution is 7.09. The SMILES string of the molecule is Cc1nc(COc2cccc(C(=O)Nc3cccc(C(=O)c4ccccc4)c3)c2)cs1. The molecule has 0 aliphatic heterocycles. The average Bonchev–Trinajstić information content (AvgIpc) is 3.23. The predicted octanol–water partition coefficient (Wildman–Crippen LogP) is 5.51. The maximum absolute atomic E-state index is 12.7. The van der Waals surface area contributed by atoms with E-state index in [1.807, 2.05) is 30.5 Å². The van der Waals surface area contributed by atoms with E-state index in [2.05, 4.69) is 10.3 Å². The van der Waals surface area contributed by atoms with E-state index in [0.29, 0.717) is 34.7 Å². The number of aromatic nitrogens is 1. The van der Waals surface area contributed by atoms with Gasteiger partial charge in [0.25, 0.3) is 5.91 Å². The standard InChI is InChI=1S/C25H20N2O3S/c1-17-26-22(16-31-17)15-30-23-12-6-10-20(14-23)25(29)27-21-11-5-9-19(13-21)24(28)18-7-3-2-4-8-18/h2-14,16H,15H2,1H3,(H,27,29). The maximum Gasteiger partial charge on any atom is 0.255 e. The number of carbonyl (C=O) groups excluding carboxylic acids is 2.